The smallest absolute Gasteiger partial charge is 0.328 e. The molecule has 0 spiro atoms. The minimum atomic E-state index is -0.488. The van der Waals surface area contributed by atoms with Gasteiger partial charge in [0.1, 0.15) is 5.82 Å². The quantitative estimate of drug-likeness (QED) is 0.520. The van der Waals surface area contributed by atoms with Crippen LogP contribution in [0.3, 0.4) is 0 Å². The predicted molar refractivity (Wildman–Crippen MR) is 123 cm³/mol. The molecule has 1 amide bonds. The number of hydrogen-bond donors (Lipinski definition) is 2. The molecule has 0 fully saturated rings. The van der Waals surface area contributed by atoms with Crippen LogP contribution < -0.4 is 16.6 Å². The minimum absolute atomic E-state index is 0.280. The molecule has 1 aliphatic rings. The number of aromatic nitrogens is 4. The largest absolute Gasteiger partial charge is 0.334 e. The fraction of sp³-hybridized carbons (Fsp3) is 0.250. The zero-order valence-corrected chi connectivity index (χ0v) is 17.7. The van der Waals surface area contributed by atoms with Crippen molar-refractivity contribution in [1.82, 2.24) is 19.1 Å². The first-order chi connectivity index (χ1) is 15.5. The highest BCUT2D eigenvalue weighted by atomic mass is 16.2. The number of hydrogen-bond acceptors (Lipinski definition) is 4. The molecule has 32 heavy (non-hydrogen) atoms. The summed E-state index contributed by atoms with van der Waals surface area (Å²) in [6.45, 7) is 3.01. The number of aryl methyl sites for hydroxylation is 2. The number of carbonyl (C=O) groups is 1. The monoisotopic (exact) mass is 429 g/mol. The fourth-order valence-electron chi connectivity index (χ4n) is 4.19. The molecule has 0 radical (unpaired) electrons. The van der Waals surface area contributed by atoms with Gasteiger partial charge in [-0.3, -0.25) is 14.2 Å². The van der Waals surface area contributed by atoms with Crippen LogP contribution in [0, 0.1) is 0 Å². The van der Waals surface area contributed by atoms with E-state index in [1.54, 1.807) is 19.1 Å². The molecule has 1 aliphatic heterocycles. The Balaban J connectivity index is 1.42. The Bertz CT molecular complexity index is 1440. The molecule has 0 unspecified atom stereocenters. The first-order valence-electron chi connectivity index (χ1n) is 10.8. The van der Waals surface area contributed by atoms with Gasteiger partial charge in [0.15, 0.2) is 0 Å². The number of anilines is 1. The van der Waals surface area contributed by atoms with Gasteiger partial charge in [0.2, 0.25) is 0 Å². The van der Waals surface area contributed by atoms with Gasteiger partial charge in [0.25, 0.3) is 11.5 Å². The number of benzene rings is 2. The van der Waals surface area contributed by atoms with Gasteiger partial charge in [0.05, 0.1) is 16.6 Å². The molecule has 0 bridgehead atoms. The standard InChI is InChI=1S/C24H23N5O3/c1-2-29-23(31)18-10-9-16(13-19(18)27-24(29)32)22(30)25-17-7-5-6-15(12-17)20-14-28-11-4-3-8-21(28)26-20/h5-7,9-10,12-14H,2-4,8,11H2,1H3,(H,25,30)(H,27,32). The summed E-state index contributed by atoms with van der Waals surface area (Å²) in [6.07, 6.45) is 5.39. The molecule has 3 heterocycles. The SMILES string of the molecule is CCn1c(=O)[nH]c2cc(C(=O)Nc3cccc(-c4cn5c(n4)CCCC5)c3)ccc2c1=O. The van der Waals surface area contributed by atoms with Gasteiger partial charge >= 0.3 is 5.69 Å². The van der Waals surface area contributed by atoms with Crippen molar-refractivity contribution in [2.24, 2.45) is 0 Å². The van der Waals surface area contributed by atoms with E-state index >= 15 is 0 Å². The van der Waals surface area contributed by atoms with Gasteiger partial charge in [-0.25, -0.2) is 9.78 Å². The van der Waals surface area contributed by atoms with Crippen molar-refractivity contribution in [3.63, 3.8) is 0 Å². The number of fused-ring (bicyclic) bond motifs is 2. The molecule has 2 aromatic heterocycles. The average molecular weight is 429 g/mol. The molecule has 8 heteroatoms. The highest BCUT2D eigenvalue weighted by Crippen LogP contribution is 2.25. The number of nitrogens with one attached hydrogen (secondary N) is 2. The van der Waals surface area contributed by atoms with Crippen LogP contribution in [-0.4, -0.2) is 25.0 Å². The summed E-state index contributed by atoms with van der Waals surface area (Å²) in [5.74, 6) is 0.779. The summed E-state index contributed by atoms with van der Waals surface area (Å²) in [5.41, 5.74) is 2.32. The van der Waals surface area contributed by atoms with E-state index in [0.717, 1.165) is 41.0 Å². The second-order valence-electron chi connectivity index (χ2n) is 7.97. The summed E-state index contributed by atoms with van der Waals surface area (Å²) in [5, 5.41) is 3.27. The van der Waals surface area contributed by atoms with Crippen molar-refractivity contribution < 1.29 is 4.79 Å². The Kier molecular flexibility index (Phi) is 4.97. The van der Waals surface area contributed by atoms with Crippen LogP contribution in [-0.2, 0) is 19.5 Å². The van der Waals surface area contributed by atoms with E-state index in [2.05, 4.69) is 21.1 Å². The Morgan fingerprint density at radius 3 is 2.84 bits per heavy atom. The molecule has 0 aliphatic carbocycles. The second-order valence-corrected chi connectivity index (χ2v) is 7.97. The molecule has 4 aromatic rings. The summed E-state index contributed by atoms with van der Waals surface area (Å²) in [4.78, 5) is 44.8. The molecular formula is C24H23N5O3. The predicted octanol–water partition coefficient (Wildman–Crippen LogP) is 3.16. The Morgan fingerprint density at radius 2 is 2.03 bits per heavy atom. The zero-order chi connectivity index (χ0) is 22.2. The molecule has 0 atom stereocenters. The number of H-pyrrole nitrogens is 1. The molecule has 5 rings (SSSR count). The Hall–Kier alpha value is -3.94. The number of rotatable bonds is 4. The van der Waals surface area contributed by atoms with E-state index < -0.39 is 5.69 Å². The number of aromatic amines is 1. The first-order valence-corrected chi connectivity index (χ1v) is 10.8. The molecule has 8 nitrogen and oxygen atoms in total. The van der Waals surface area contributed by atoms with E-state index in [1.807, 2.05) is 24.3 Å². The summed E-state index contributed by atoms with van der Waals surface area (Å²) < 4.78 is 3.33. The first kappa shape index (κ1) is 20.0. The van der Waals surface area contributed by atoms with Gasteiger partial charge in [0, 0.05) is 42.5 Å². The van der Waals surface area contributed by atoms with Crippen LogP contribution in [0.15, 0.2) is 58.3 Å². The number of carbonyl (C=O) groups excluding carboxylic acids is 1. The van der Waals surface area contributed by atoms with Crippen molar-refractivity contribution in [3.05, 3.63) is 80.9 Å². The zero-order valence-electron chi connectivity index (χ0n) is 17.7. The minimum Gasteiger partial charge on any atom is -0.334 e. The third-order valence-electron chi connectivity index (χ3n) is 5.89. The molecular weight excluding hydrogens is 406 g/mol. The summed E-state index contributed by atoms with van der Waals surface area (Å²) >= 11 is 0. The second kappa shape index (κ2) is 7.96. The fourth-order valence-corrected chi connectivity index (χ4v) is 4.19. The maximum Gasteiger partial charge on any atom is 0.328 e. The van der Waals surface area contributed by atoms with Crippen molar-refractivity contribution in [1.29, 1.82) is 0 Å². The highest BCUT2D eigenvalue weighted by Gasteiger charge is 2.15. The molecule has 0 saturated heterocycles. The average Bonchev–Trinajstić information content (AvgIpc) is 3.23. The van der Waals surface area contributed by atoms with Crippen LogP contribution in [0.25, 0.3) is 22.2 Å². The Morgan fingerprint density at radius 1 is 1.16 bits per heavy atom. The van der Waals surface area contributed by atoms with E-state index in [1.165, 1.54) is 12.5 Å². The van der Waals surface area contributed by atoms with E-state index in [9.17, 15) is 14.4 Å². The lowest BCUT2D eigenvalue weighted by atomic mass is 10.1. The van der Waals surface area contributed by atoms with Crippen molar-refractivity contribution in [2.75, 3.05) is 5.32 Å². The number of nitrogens with zero attached hydrogens (tertiary/aromatic N) is 3. The molecule has 2 N–H and O–H groups in total. The van der Waals surface area contributed by atoms with Crippen LogP contribution in [0.4, 0.5) is 5.69 Å². The normalized spacial score (nSPS) is 13.2. The molecule has 0 saturated carbocycles. The van der Waals surface area contributed by atoms with Crippen molar-refractivity contribution >= 4 is 22.5 Å². The van der Waals surface area contributed by atoms with Crippen LogP contribution in [0.1, 0.15) is 35.9 Å². The lowest BCUT2D eigenvalue weighted by molar-refractivity contribution is 0.102. The third-order valence-corrected chi connectivity index (χ3v) is 5.89. The van der Waals surface area contributed by atoms with Gasteiger partial charge in [-0.05, 0) is 50.1 Å². The summed E-state index contributed by atoms with van der Waals surface area (Å²) in [6, 6.07) is 12.3. The van der Waals surface area contributed by atoms with Crippen LogP contribution in [0.5, 0.6) is 0 Å². The highest BCUT2D eigenvalue weighted by molar-refractivity contribution is 6.06. The van der Waals surface area contributed by atoms with E-state index in [4.69, 9.17) is 4.98 Å². The number of imidazole rings is 1. The maximum absolute atomic E-state index is 12.9. The van der Waals surface area contributed by atoms with Gasteiger partial charge in [-0.2, -0.15) is 0 Å². The van der Waals surface area contributed by atoms with Crippen molar-refractivity contribution in [2.45, 2.75) is 39.3 Å². The number of amides is 1. The lowest BCUT2D eigenvalue weighted by Gasteiger charge is -2.11. The van der Waals surface area contributed by atoms with Crippen LogP contribution >= 0.6 is 0 Å². The van der Waals surface area contributed by atoms with Gasteiger partial charge in [-0.1, -0.05) is 12.1 Å². The maximum atomic E-state index is 12.9. The third kappa shape index (κ3) is 3.53. The topological polar surface area (TPSA) is 102 Å². The molecule has 2 aromatic carbocycles. The van der Waals surface area contributed by atoms with Gasteiger partial charge < -0.3 is 14.9 Å². The van der Waals surface area contributed by atoms with Gasteiger partial charge in [-0.15, -0.1) is 0 Å². The lowest BCUT2D eigenvalue weighted by Crippen LogP contribution is -2.34. The van der Waals surface area contributed by atoms with Crippen LogP contribution in [0.2, 0.25) is 0 Å². The van der Waals surface area contributed by atoms with E-state index in [0.29, 0.717) is 22.2 Å². The Labute approximate surface area is 183 Å². The molecule has 162 valence electrons. The van der Waals surface area contributed by atoms with E-state index in [-0.39, 0.29) is 18.0 Å². The summed E-state index contributed by atoms with van der Waals surface area (Å²) in [7, 11) is 0. The van der Waals surface area contributed by atoms with Crippen molar-refractivity contribution in [3.8, 4) is 11.3 Å².